The summed E-state index contributed by atoms with van der Waals surface area (Å²) in [4.78, 5) is 24.9. The van der Waals surface area contributed by atoms with E-state index in [9.17, 15) is 19.8 Å². The average molecular weight is 370 g/mol. The van der Waals surface area contributed by atoms with Crippen molar-refractivity contribution in [2.24, 2.45) is 0 Å². The minimum Gasteiger partial charge on any atom is -0.394 e. The van der Waals surface area contributed by atoms with Crippen LogP contribution in [0.3, 0.4) is 0 Å². The maximum atomic E-state index is 11.6. The molecule has 0 aromatic carbocycles. The van der Waals surface area contributed by atoms with Crippen molar-refractivity contribution >= 4 is 22.6 Å². The van der Waals surface area contributed by atoms with Crippen molar-refractivity contribution in [2.75, 3.05) is 6.61 Å². The molecule has 1 fully saturated rings. The van der Waals surface area contributed by atoms with Crippen LogP contribution in [0.2, 0.25) is 0 Å². The normalized spacial score (nSPS) is 31.8. The smallest absolute Gasteiger partial charge is 0.330 e. The maximum Gasteiger partial charge on any atom is 0.330 e. The van der Waals surface area contributed by atoms with Gasteiger partial charge in [-0.3, -0.25) is 14.3 Å². The molecule has 8 nitrogen and oxygen atoms in total. The van der Waals surface area contributed by atoms with Gasteiger partial charge in [0.25, 0.3) is 5.56 Å². The molecule has 1 saturated heterocycles. The number of H-pyrrole nitrogens is 1. The van der Waals surface area contributed by atoms with Crippen LogP contribution in [0.15, 0.2) is 15.8 Å². The summed E-state index contributed by atoms with van der Waals surface area (Å²) >= 11 is 1.73. The Hall–Kier alpha value is -0.750. The largest absolute Gasteiger partial charge is 0.394 e. The van der Waals surface area contributed by atoms with Gasteiger partial charge in [0.15, 0.2) is 6.23 Å². The molecule has 0 spiro atoms. The molecule has 4 N–H and O–H groups in total. The lowest BCUT2D eigenvalue weighted by molar-refractivity contribution is -0.0551. The Balaban J connectivity index is 2.42. The number of rotatable bonds is 2. The molecular weight excluding hydrogens is 359 g/mol. The molecule has 0 unspecified atom stereocenters. The van der Waals surface area contributed by atoms with Crippen LogP contribution in [0.25, 0.3) is 0 Å². The summed E-state index contributed by atoms with van der Waals surface area (Å²) in [5, 5.41) is 28.3. The molecule has 1 aliphatic heterocycles. The van der Waals surface area contributed by atoms with E-state index in [0.717, 1.165) is 4.57 Å². The fourth-order valence-electron chi connectivity index (χ4n) is 1.76. The highest BCUT2D eigenvalue weighted by atomic mass is 127. The highest BCUT2D eigenvalue weighted by Gasteiger charge is 2.43. The summed E-state index contributed by atoms with van der Waals surface area (Å²) in [6.45, 7) is -0.482. The van der Waals surface area contributed by atoms with E-state index in [1.54, 1.807) is 22.6 Å². The Bertz CT molecular complexity index is 555. The Kier molecular flexibility index (Phi) is 3.87. The first-order valence-corrected chi connectivity index (χ1v) is 6.17. The summed E-state index contributed by atoms with van der Waals surface area (Å²) in [6.07, 6.45) is -3.54. The van der Waals surface area contributed by atoms with Gasteiger partial charge in [0, 0.05) is 6.20 Å². The topological polar surface area (TPSA) is 125 Å². The molecule has 0 aliphatic carbocycles. The lowest BCUT2D eigenvalue weighted by Crippen LogP contribution is -2.38. The van der Waals surface area contributed by atoms with E-state index in [1.807, 2.05) is 0 Å². The number of hydrogen-bond acceptors (Lipinski definition) is 6. The number of aliphatic hydroxyl groups excluding tert-OH is 3. The lowest BCUT2D eigenvalue weighted by Gasteiger charge is -2.17. The summed E-state index contributed by atoms with van der Waals surface area (Å²) in [7, 11) is 0. The van der Waals surface area contributed by atoms with Crippen LogP contribution in [-0.4, -0.2) is 49.8 Å². The Morgan fingerprint density at radius 2 is 2.06 bits per heavy atom. The number of hydrogen-bond donors (Lipinski definition) is 4. The van der Waals surface area contributed by atoms with Gasteiger partial charge < -0.3 is 20.1 Å². The Morgan fingerprint density at radius 1 is 1.39 bits per heavy atom. The number of aromatic amines is 1. The first kappa shape index (κ1) is 13.7. The number of nitrogens with one attached hydrogen (secondary N) is 1. The number of ether oxygens (including phenoxy) is 1. The molecule has 18 heavy (non-hydrogen) atoms. The zero-order valence-corrected chi connectivity index (χ0v) is 11.1. The quantitative estimate of drug-likeness (QED) is 0.436. The summed E-state index contributed by atoms with van der Waals surface area (Å²) < 4.78 is 6.40. The molecule has 4 atom stereocenters. The van der Waals surface area contributed by atoms with E-state index in [4.69, 9.17) is 9.84 Å². The minimum absolute atomic E-state index is 0.241. The molecule has 1 aliphatic rings. The number of nitrogens with zero attached hydrogens (tertiary/aromatic N) is 1. The molecule has 2 rings (SSSR count). The van der Waals surface area contributed by atoms with Gasteiger partial charge in [0.05, 0.1) is 10.2 Å². The van der Waals surface area contributed by atoms with Crippen molar-refractivity contribution in [1.82, 2.24) is 9.55 Å². The predicted octanol–water partition coefficient (Wildman–Crippen LogP) is -2.25. The Morgan fingerprint density at radius 3 is 2.61 bits per heavy atom. The average Bonchev–Trinajstić information content (AvgIpc) is 2.61. The number of halogens is 1. The van der Waals surface area contributed by atoms with Crippen LogP contribution < -0.4 is 11.2 Å². The van der Waals surface area contributed by atoms with E-state index in [-0.39, 0.29) is 3.57 Å². The Labute approximate surface area is 114 Å². The second-order valence-electron chi connectivity index (χ2n) is 3.87. The van der Waals surface area contributed by atoms with Crippen molar-refractivity contribution in [3.63, 3.8) is 0 Å². The van der Waals surface area contributed by atoms with Gasteiger partial charge in [-0.25, -0.2) is 4.79 Å². The molecular formula is C9H11IN2O6. The molecule has 0 bridgehead atoms. The van der Waals surface area contributed by atoms with Crippen molar-refractivity contribution in [2.45, 2.75) is 24.5 Å². The lowest BCUT2D eigenvalue weighted by atomic mass is 10.1. The van der Waals surface area contributed by atoms with Crippen molar-refractivity contribution < 1.29 is 20.1 Å². The third-order valence-corrected chi connectivity index (χ3v) is 3.48. The van der Waals surface area contributed by atoms with E-state index >= 15 is 0 Å². The van der Waals surface area contributed by atoms with Crippen LogP contribution in [0.1, 0.15) is 6.23 Å². The van der Waals surface area contributed by atoms with Gasteiger partial charge in [-0.15, -0.1) is 0 Å². The monoisotopic (exact) mass is 370 g/mol. The third-order valence-electron chi connectivity index (χ3n) is 2.72. The first-order chi connectivity index (χ1) is 8.45. The highest BCUT2D eigenvalue weighted by molar-refractivity contribution is 14.1. The first-order valence-electron chi connectivity index (χ1n) is 5.09. The second-order valence-corrected chi connectivity index (χ2v) is 5.03. The standard InChI is InChI=1S/C9H11IN2O6/c10-3-1-12(9(17)11-7(3)16)8-6(15)5(14)4(2-13)18-8/h1,4-6,8,13-15H,2H2,(H,11,16,17)/t4-,5+,6-,8+/m0/s1. The molecule has 0 radical (unpaired) electrons. The predicted molar refractivity (Wildman–Crippen MR) is 67.0 cm³/mol. The zero-order chi connectivity index (χ0) is 13.4. The number of aliphatic hydroxyl groups is 3. The van der Waals surface area contributed by atoms with Gasteiger partial charge >= 0.3 is 5.69 Å². The van der Waals surface area contributed by atoms with E-state index in [0.29, 0.717) is 0 Å². The van der Waals surface area contributed by atoms with Gasteiger partial charge in [-0.1, -0.05) is 0 Å². The fourth-order valence-corrected chi connectivity index (χ4v) is 2.19. The van der Waals surface area contributed by atoms with E-state index in [2.05, 4.69) is 4.98 Å². The van der Waals surface area contributed by atoms with Crippen molar-refractivity contribution in [3.05, 3.63) is 30.6 Å². The molecule has 0 saturated carbocycles. The van der Waals surface area contributed by atoms with Crippen LogP contribution in [-0.2, 0) is 4.74 Å². The highest BCUT2D eigenvalue weighted by Crippen LogP contribution is 2.27. The molecule has 100 valence electrons. The van der Waals surface area contributed by atoms with Crippen LogP contribution in [0.5, 0.6) is 0 Å². The molecule has 1 aromatic heterocycles. The van der Waals surface area contributed by atoms with Crippen LogP contribution >= 0.6 is 22.6 Å². The molecule has 9 heteroatoms. The van der Waals surface area contributed by atoms with Gasteiger partial charge in [0.2, 0.25) is 0 Å². The van der Waals surface area contributed by atoms with Gasteiger partial charge in [0.1, 0.15) is 18.3 Å². The summed E-state index contributed by atoms with van der Waals surface area (Å²) in [5.74, 6) is 0. The summed E-state index contributed by atoms with van der Waals surface area (Å²) in [6, 6.07) is 0. The summed E-state index contributed by atoms with van der Waals surface area (Å²) in [5.41, 5.74) is -1.29. The molecule has 1 aromatic rings. The SMILES string of the molecule is O=c1[nH]c(=O)n([C@@H]2O[C@@H](CO)[C@@H](O)[C@@H]2O)cc1I. The van der Waals surface area contributed by atoms with Crippen LogP contribution in [0.4, 0.5) is 0 Å². The third kappa shape index (κ3) is 2.23. The minimum atomic E-state index is -1.36. The van der Waals surface area contributed by atoms with Gasteiger partial charge in [-0.05, 0) is 22.6 Å². The van der Waals surface area contributed by atoms with E-state index < -0.39 is 42.4 Å². The second kappa shape index (κ2) is 5.09. The zero-order valence-electron chi connectivity index (χ0n) is 8.99. The van der Waals surface area contributed by atoms with Gasteiger partial charge in [-0.2, -0.15) is 0 Å². The van der Waals surface area contributed by atoms with Crippen molar-refractivity contribution in [3.8, 4) is 0 Å². The van der Waals surface area contributed by atoms with Crippen molar-refractivity contribution in [1.29, 1.82) is 0 Å². The van der Waals surface area contributed by atoms with Crippen LogP contribution in [0, 0.1) is 3.57 Å². The molecule has 2 heterocycles. The molecule has 0 amide bonds. The number of aromatic nitrogens is 2. The fraction of sp³-hybridized carbons (Fsp3) is 0.556. The van der Waals surface area contributed by atoms with E-state index in [1.165, 1.54) is 6.20 Å². The maximum absolute atomic E-state index is 11.6.